The zero-order valence-corrected chi connectivity index (χ0v) is 29.0. The number of carboxylic acid groups (broad SMARTS) is 1. The van der Waals surface area contributed by atoms with Gasteiger partial charge in [0.15, 0.2) is 0 Å². The van der Waals surface area contributed by atoms with Crippen molar-refractivity contribution < 1.29 is 41.1 Å². The third kappa shape index (κ3) is 10.9. The molecule has 2 aliphatic heterocycles. The number of piperidine rings is 1. The molecule has 2 aromatic rings. The minimum absolute atomic E-state index is 0.0149. The van der Waals surface area contributed by atoms with Crippen LogP contribution in [0, 0.1) is 17.2 Å². The quantitative estimate of drug-likeness (QED) is 0.209. The van der Waals surface area contributed by atoms with Gasteiger partial charge >= 0.3 is 28.4 Å². The van der Waals surface area contributed by atoms with Crippen molar-refractivity contribution in [3.8, 4) is 6.07 Å². The number of anilines is 2. The molecule has 1 aromatic carbocycles. The first-order chi connectivity index (χ1) is 24.2. The Bertz CT molecular complexity index is 1680. The number of hydrogen-bond donors (Lipinski definition) is 4. The van der Waals surface area contributed by atoms with Crippen LogP contribution in [0.1, 0.15) is 62.4 Å². The van der Waals surface area contributed by atoms with E-state index < -0.39 is 40.3 Å². The van der Waals surface area contributed by atoms with E-state index in [4.69, 9.17) is 10.4 Å². The summed E-state index contributed by atoms with van der Waals surface area (Å²) in [6.07, 6.45) is -2.11. The van der Waals surface area contributed by atoms with Crippen molar-refractivity contribution in [2.24, 2.45) is 5.92 Å². The number of aliphatic carboxylic acids is 1. The smallest absolute Gasteiger partial charge is 0.451 e. The van der Waals surface area contributed by atoms with Crippen molar-refractivity contribution >= 4 is 39.8 Å². The highest BCUT2D eigenvalue weighted by Gasteiger charge is 2.39. The van der Waals surface area contributed by atoms with Gasteiger partial charge in [0.25, 0.3) is 0 Å². The summed E-state index contributed by atoms with van der Waals surface area (Å²) < 4.78 is 70.4. The Hall–Kier alpha value is -4.70. The predicted molar refractivity (Wildman–Crippen MR) is 180 cm³/mol. The second-order valence-electron chi connectivity index (χ2n) is 12.3. The number of aromatic nitrogens is 2. The maximum absolute atomic E-state index is 14.0. The van der Waals surface area contributed by atoms with Gasteiger partial charge in [-0.25, -0.2) is 19.1 Å². The van der Waals surface area contributed by atoms with Crippen LogP contribution in [-0.2, 0) is 32.4 Å². The van der Waals surface area contributed by atoms with Crippen LogP contribution in [0.15, 0.2) is 30.3 Å². The average Bonchev–Trinajstić information content (AvgIpc) is 3.59. The van der Waals surface area contributed by atoms with E-state index in [2.05, 4.69) is 25.3 Å². The Morgan fingerprint density at radius 2 is 1.71 bits per heavy atom. The molecule has 0 bridgehead atoms. The van der Waals surface area contributed by atoms with Crippen molar-refractivity contribution in [3.63, 3.8) is 0 Å². The molecule has 1 aromatic heterocycles. The second kappa shape index (κ2) is 17.5. The van der Waals surface area contributed by atoms with Gasteiger partial charge in [0.05, 0.1) is 18.1 Å². The van der Waals surface area contributed by atoms with Crippen LogP contribution in [-0.4, -0.2) is 97.6 Å². The largest absolute Gasteiger partial charge is 0.481 e. The average molecular weight is 738 g/mol. The van der Waals surface area contributed by atoms with Crippen molar-refractivity contribution in [1.82, 2.24) is 29.6 Å². The Labute approximate surface area is 294 Å². The summed E-state index contributed by atoms with van der Waals surface area (Å²) in [5.74, 6) is -2.60. The van der Waals surface area contributed by atoms with Gasteiger partial charge in [-0.2, -0.15) is 31.6 Å². The van der Waals surface area contributed by atoms with Crippen LogP contribution in [0.2, 0.25) is 0 Å². The number of amides is 3. The van der Waals surface area contributed by atoms with E-state index in [9.17, 15) is 36.0 Å². The molecule has 3 amide bonds. The molecule has 3 heterocycles. The van der Waals surface area contributed by atoms with Crippen molar-refractivity contribution in [1.29, 1.82) is 5.26 Å². The molecule has 15 nitrogen and oxygen atoms in total. The standard InChI is InChI=1S/C32H42F3N9O6S/c1-2-44(31(48)38-15-11-28(45)46)51(49,50)39-16-10-23-12-18-42(19-13-23)26-20-27(41-30(40-26)32(33,34)35)43-17-3-4-25(43)29(47)37-14-9-22-5-7-24(21-36)8-6-22/h5-8,20,23,25,39H,2-4,9-19H2,1H3,(H,37,47)(H,38,48)(H,45,46)/t25-/m0/s1. The van der Waals surface area contributed by atoms with Crippen molar-refractivity contribution in [2.75, 3.05) is 55.6 Å². The normalized spacial score (nSPS) is 16.8. The van der Waals surface area contributed by atoms with Crippen molar-refractivity contribution in [2.45, 2.75) is 64.1 Å². The highest BCUT2D eigenvalue weighted by atomic mass is 32.2. The van der Waals surface area contributed by atoms with Crippen LogP contribution in [0.3, 0.4) is 0 Å². The molecule has 0 unspecified atom stereocenters. The number of carbonyl (C=O) groups excluding carboxylic acids is 2. The van der Waals surface area contributed by atoms with Crippen LogP contribution >= 0.6 is 0 Å². The van der Waals surface area contributed by atoms with E-state index in [0.29, 0.717) is 74.6 Å². The SMILES string of the molecule is CCN(C(=O)NCCC(=O)O)S(=O)(=O)NCCC1CCN(c2cc(N3CCC[C@H]3C(=O)NCCc3ccc(C#N)cc3)nc(C(F)(F)F)n2)CC1. The summed E-state index contributed by atoms with van der Waals surface area (Å²) in [6, 6.07) is 8.86. The molecule has 0 aliphatic carbocycles. The number of hydrogen-bond acceptors (Lipinski definition) is 10. The summed E-state index contributed by atoms with van der Waals surface area (Å²) in [7, 11) is -4.19. The number of nitrogens with zero attached hydrogens (tertiary/aromatic N) is 6. The van der Waals surface area contributed by atoms with E-state index in [1.807, 2.05) is 6.07 Å². The molecular weight excluding hydrogens is 695 g/mol. The molecule has 4 rings (SSSR count). The topological polar surface area (TPSA) is 201 Å². The van der Waals surface area contributed by atoms with Crippen LogP contribution < -0.4 is 25.2 Å². The molecule has 278 valence electrons. The number of carboxylic acids is 1. The number of carbonyl (C=O) groups is 3. The molecule has 0 saturated carbocycles. The molecule has 51 heavy (non-hydrogen) atoms. The number of rotatable bonds is 15. The Kier molecular flexibility index (Phi) is 13.4. The van der Waals surface area contributed by atoms with Gasteiger partial charge in [0.2, 0.25) is 11.7 Å². The number of alkyl halides is 3. The third-order valence-electron chi connectivity index (χ3n) is 8.79. The monoisotopic (exact) mass is 737 g/mol. The van der Waals surface area contributed by atoms with Crippen LogP contribution in [0.5, 0.6) is 0 Å². The number of nitrogens with one attached hydrogen (secondary N) is 3. The highest BCUT2D eigenvalue weighted by molar-refractivity contribution is 7.87. The summed E-state index contributed by atoms with van der Waals surface area (Å²) in [4.78, 5) is 47.1. The van der Waals surface area contributed by atoms with Gasteiger partial charge in [-0.15, -0.1) is 0 Å². The third-order valence-corrected chi connectivity index (χ3v) is 10.4. The first-order valence-electron chi connectivity index (χ1n) is 16.7. The van der Waals surface area contributed by atoms with Crippen molar-refractivity contribution in [3.05, 3.63) is 47.3 Å². The van der Waals surface area contributed by atoms with E-state index in [1.54, 1.807) is 34.1 Å². The number of urea groups is 1. The van der Waals surface area contributed by atoms with Gasteiger partial charge in [0, 0.05) is 51.9 Å². The van der Waals surface area contributed by atoms with E-state index in [-0.39, 0.29) is 49.5 Å². The maximum atomic E-state index is 14.0. The summed E-state index contributed by atoms with van der Waals surface area (Å²) in [5, 5.41) is 22.8. The van der Waals surface area contributed by atoms with E-state index in [0.717, 1.165) is 5.56 Å². The fourth-order valence-corrected chi connectivity index (χ4v) is 7.23. The highest BCUT2D eigenvalue weighted by Crippen LogP contribution is 2.34. The molecule has 2 aliphatic rings. The lowest BCUT2D eigenvalue weighted by atomic mass is 9.94. The molecule has 2 fully saturated rings. The molecular formula is C32H42F3N9O6S. The Morgan fingerprint density at radius 1 is 1.02 bits per heavy atom. The lowest BCUT2D eigenvalue weighted by Gasteiger charge is -2.34. The fraction of sp³-hybridized carbons (Fsp3) is 0.562. The first-order valence-corrected chi connectivity index (χ1v) is 18.2. The number of nitriles is 1. The zero-order valence-electron chi connectivity index (χ0n) is 28.2. The van der Waals surface area contributed by atoms with Gasteiger partial charge < -0.3 is 25.5 Å². The molecule has 0 spiro atoms. The minimum atomic E-state index is -4.82. The second-order valence-corrected chi connectivity index (χ2v) is 13.9. The Morgan fingerprint density at radius 3 is 2.33 bits per heavy atom. The first kappa shape index (κ1) is 39.1. The maximum Gasteiger partial charge on any atom is 0.451 e. The van der Waals surface area contributed by atoms with Gasteiger partial charge in [-0.3, -0.25) is 9.59 Å². The van der Waals surface area contributed by atoms with E-state index >= 15 is 0 Å². The fourth-order valence-electron chi connectivity index (χ4n) is 6.07. The molecule has 0 radical (unpaired) electrons. The molecule has 1 atom stereocenters. The number of benzene rings is 1. The summed E-state index contributed by atoms with van der Waals surface area (Å²) >= 11 is 0. The number of halogens is 3. The van der Waals surface area contributed by atoms with Gasteiger partial charge in [0.1, 0.15) is 17.7 Å². The van der Waals surface area contributed by atoms with Crippen LogP contribution in [0.4, 0.5) is 29.6 Å². The van der Waals surface area contributed by atoms with Gasteiger partial charge in [-0.1, -0.05) is 12.1 Å². The summed E-state index contributed by atoms with van der Waals surface area (Å²) in [6.45, 7) is 2.47. The zero-order chi connectivity index (χ0) is 37.2. The summed E-state index contributed by atoms with van der Waals surface area (Å²) in [5.41, 5.74) is 1.45. The predicted octanol–water partition coefficient (Wildman–Crippen LogP) is 2.64. The lowest BCUT2D eigenvalue weighted by molar-refractivity contribution is -0.144. The molecule has 19 heteroatoms. The van der Waals surface area contributed by atoms with E-state index in [1.165, 1.54) is 13.0 Å². The lowest BCUT2D eigenvalue weighted by Crippen LogP contribution is -2.49. The molecule has 4 N–H and O–H groups in total. The minimum Gasteiger partial charge on any atom is -0.481 e. The van der Waals surface area contributed by atoms with Gasteiger partial charge in [-0.05, 0) is 69.1 Å². The molecule has 2 saturated heterocycles. The Balaban J connectivity index is 1.34. The van der Waals surface area contributed by atoms with Crippen LogP contribution in [0.25, 0.3) is 0 Å².